The summed E-state index contributed by atoms with van der Waals surface area (Å²) in [5.74, 6) is 5.67. The fourth-order valence-electron chi connectivity index (χ4n) is 2.15. The molecule has 0 radical (unpaired) electrons. The SMILES string of the molecule is Cc1ccc(CC(Cc2cccc(Br)c2)NN)cc1. The monoisotopic (exact) mass is 318 g/mol. The van der Waals surface area contributed by atoms with Crippen molar-refractivity contribution >= 4 is 15.9 Å². The van der Waals surface area contributed by atoms with Crippen LogP contribution in [-0.2, 0) is 12.8 Å². The number of aryl methyl sites for hydroxylation is 1. The largest absolute Gasteiger partial charge is 0.271 e. The highest BCUT2D eigenvalue weighted by Crippen LogP contribution is 2.15. The van der Waals surface area contributed by atoms with E-state index in [2.05, 4.69) is 70.7 Å². The number of hydrogen-bond acceptors (Lipinski definition) is 2. The van der Waals surface area contributed by atoms with Crippen molar-refractivity contribution in [3.63, 3.8) is 0 Å². The predicted molar refractivity (Wildman–Crippen MR) is 83.8 cm³/mol. The van der Waals surface area contributed by atoms with Gasteiger partial charge in [-0.05, 0) is 43.0 Å². The number of hydrogen-bond donors (Lipinski definition) is 2. The number of halogens is 1. The van der Waals surface area contributed by atoms with E-state index in [4.69, 9.17) is 5.84 Å². The van der Waals surface area contributed by atoms with Gasteiger partial charge < -0.3 is 0 Å². The van der Waals surface area contributed by atoms with E-state index >= 15 is 0 Å². The van der Waals surface area contributed by atoms with Crippen LogP contribution in [0.15, 0.2) is 53.0 Å². The molecule has 2 nitrogen and oxygen atoms in total. The normalized spacial score (nSPS) is 12.4. The minimum absolute atomic E-state index is 0.247. The van der Waals surface area contributed by atoms with E-state index in [1.165, 1.54) is 16.7 Å². The molecule has 2 aromatic rings. The zero-order valence-corrected chi connectivity index (χ0v) is 12.7. The molecule has 0 aliphatic rings. The standard InChI is InChI=1S/C16H19BrN2/c1-12-5-7-13(8-6-12)10-16(19-18)11-14-3-2-4-15(17)9-14/h2-9,16,19H,10-11,18H2,1H3. The Morgan fingerprint density at radius 3 is 2.37 bits per heavy atom. The number of nitrogens with two attached hydrogens (primary N) is 1. The van der Waals surface area contributed by atoms with Gasteiger partial charge in [-0.25, -0.2) is 0 Å². The molecular formula is C16H19BrN2. The Kier molecular flexibility index (Phi) is 5.14. The third kappa shape index (κ3) is 4.46. The van der Waals surface area contributed by atoms with E-state index in [0.717, 1.165) is 17.3 Å². The highest BCUT2D eigenvalue weighted by molar-refractivity contribution is 9.10. The van der Waals surface area contributed by atoms with Gasteiger partial charge in [0, 0.05) is 10.5 Å². The Hall–Kier alpha value is -1.16. The van der Waals surface area contributed by atoms with Crippen LogP contribution in [0.1, 0.15) is 16.7 Å². The summed E-state index contributed by atoms with van der Waals surface area (Å²) in [6, 6.07) is 17.2. The Balaban J connectivity index is 2.02. The van der Waals surface area contributed by atoms with E-state index in [0.29, 0.717) is 0 Å². The molecule has 0 saturated heterocycles. The predicted octanol–water partition coefficient (Wildman–Crippen LogP) is 3.37. The van der Waals surface area contributed by atoms with E-state index in [1.807, 2.05) is 6.07 Å². The number of benzene rings is 2. The molecule has 0 amide bonds. The first kappa shape index (κ1) is 14.3. The molecule has 0 aliphatic heterocycles. The van der Waals surface area contributed by atoms with Gasteiger partial charge >= 0.3 is 0 Å². The first-order valence-corrected chi connectivity index (χ1v) is 7.23. The minimum atomic E-state index is 0.247. The second-order valence-electron chi connectivity index (χ2n) is 4.89. The maximum absolute atomic E-state index is 5.67. The molecule has 1 atom stereocenters. The average molecular weight is 319 g/mol. The molecule has 0 aromatic heterocycles. The molecule has 0 aliphatic carbocycles. The van der Waals surface area contributed by atoms with Crippen LogP contribution in [0.5, 0.6) is 0 Å². The molecule has 3 N–H and O–H groups in total. The lowest BCUT2D eigenvalue weighted by atomic mass is 9.99. The van der Waals surface area contributed by atoms with E-state index in [-0.39, 0.29) is 6.04 Å². The molecule has 0 bridgehead atoms. The van der Waals surface area contributed by atoms with Crippen molar-refractivity contribution in [2.45, 2.75) is 25.8 Å². The van der Waals surface area contributed by atoms with Crippen molar-refractivity contribution < 1.29 is 0 Å². The van der Waals surface area contributed by atoms with Crippen molar-refractivity contribution in [3.05, 3.63) is 69.7 Å². The van der Waals surface area contributed by atoms with Gasteiger partial charge in [-0.15, -0.1) is 0 Å². The van der Waals surface area contributed by atoms with Crippen molar-refractivity contribution in [1.29, 1.82) is 0 Å². The smallest absolute Gasteiger partial charge is 0.0291 e. The first-order valence-electron chi connectivity index (χ1n) is 6.43. The third-order valence-electron chi connectivity index (χ3n) is 3.21. The van der Waals surface area contributed by atoms with Crippen LogP contribution in [0.4, 0.5) is 0 Å². The summed E-state index contributed by atoms with van der Waals surface area (Å²) in [5, 5.41) is 0. The number of rotatable bonds is 5. The maximum atomic E-state index is 5.67. The molecule has 2 aromatic carbocycles. The maximum Gasteiger partial charge on any atom is 0.0291 e. The van der Waals surface area contributed by atoms with Crippen molar-refractivity contribution in [2.75, 3.05) is 0 Å². The van der Waals surface area contributed by atoms with Crippen LogP contribution in [0, 0.1) is 6.92 Å². The first-order chi connectivity index (χ1) is 9.17. The van der Waals surface area contributed by atoms with Gasteiger partial charge in [0.1, 0.15) is 0 Å². The molecule has 100 valence electrons. The lowest BCUT2D eigenvalue weighted by molar-refractivity contribution is 0.522. The molecule has 1 unspecified atom stereocenters. The van der Waals surface area contributed by atoms with Crippen molar-refractivity contribution in [2.24, 2.45) is 5.84 Å². The van der Waals surface area contributed by atoms with Crippen LogP contribution < -0.4 is 11.3 Å². The van der Waals surface area contributed by atoms with E-state index < -0.39 is 0 Å². The van der Waals surface area contributed by atoms with Crippen LogP contribution >= 0.6 is 15.9 Å². The Bertz CT molecular complexity index is 523. The second kappa shape index (κ2) is 6.85. The third-order valence-corrected chi connectivity index (χ3v) is 3.70. The fraction of sp³-hybridized carbons (Fsp3) is 0.250. The summed E-state index contributed by atoms with van der Waals surface area (Å²) in [6.45, 7) is 2.10. The molecule has 0 saturated carbocycles. The van der Waals surface area contributed by atoms with Gasteiger partial charge in [-0.3, -0.25) is 11.3 Å². The zero-order chi connectivity index (χ0) is 13.7. The summed E-state index contributed by atoms with van der Waals surface area (Å²) in [5.41, 5.74) is 6.79. The van der Waals surface area contributed by atoms with Crippen LogP contribution in [0.25, 0.3) is 0 Å². The summed E-state index contributed by atoms with van der Waals surface area (Å²) in [4.78, 5) is 0. The minimum Gasteiger partial charge on any atom is -0.271 e. The summed E-state index contributed by atoms with van der Waals surface area (Å²) in [7, 11) is 0. The summed E-state index contributed by atoms with van der Waals surface area (Å²) >= 11 is 3.50. The van der Waals surface area contributed by atoms with Gasteiger partial charge in [0.15, 0.2) is 0 Å². The number of hydrazine groups is 1. The van der Waals surface area contributed by atoms with Crippen molar-refractivity contribution in [3.8, 4) is 0 Å². The van der Waals surface area contributed by atoms with Crippen LogP contribution in [-0.4, -0.2) is 6.04 Å². The van der Waals surface area contributed by atoms with Gasteiger partial charge in [0.05, 0.1) is 0 Å². The molecule has 19 heavy (non-hydrogen) atoms. The summed E-state index contributed by atoms with van der Waals surface area (Å²) in [6.07, 6.45) is 1.85. The fourth-order valence-corrected chi connectivity index (χ4v) is 2.59. The Morgan fingerprint density at radius 2 is 1.74 bits per heavy atom. The highest BCUT2D eigenvalue weighted by atomic mass is 79.9. The molecule has 2 rings (SSSR count). The van der Waals surface area contributed by atoms with E-state index in [9.17, 15) is 0 Å². The molecular weight excluding hydrogens is 300 g/mol. The lowest BCUT2D eigenvalue weighted by Crippen LogP contribution is -2.38. The molecule has 0 heterocycles. The quantitative estimate of drug-likeness (QED) is 0.655. The van der Waals surface area contributed by atoms with Crippen LogP contribution in [0.3, 0.4) is 0 Å². The second-order valence-corrected chi connectivity index (χ2v) is 5.80. The van der Waals surface area contributed by atoms with Crippen LogP contribution in [0.2, 0.25) is 0 Å². The van der Waals surface area contributed by atoms with Gasteiger partial charge in [-0.1, -0.05) is 57.9 Å². The Labute approximate surface area is 123 Å². The zero-order valence-electron chi connectivity index (χ0n) is 11.1. The highest BCUT2D eigenvalue weighted by Gasteiger charge is 2.09. The molecule has 0 spiro atoms. The molecule has 0 fully saturated rings. The van der Waals surface area contributed by atoms with E-state index in [1.54, 1.807) is 0 Å². The molecule has 3 heteroatoms. The van der Waals surface area contributed by atoms with Gasteiger partial charge in [0.25, 0.3) is 0 Å². The summed E-state index contributed by atoms with van der Waals surface area (Å²) < 4.78 is 1.11. The topological polar surface area (TPSA) is 38.0 Å². The van der Waals surface area contributed by atoms with Crippen molar-refractivity contribution in [1.82, 2.24) is 5.43 Å². The lowest BCUT2D eigenvalue weighted by Gasteiger charge is -2.16. The average Bonchev–Trinajstić information content (AvgIpc) is 2.40. The van der Waals surface area contributed by atoms with Gasteiger partial charge in [0.2, 0.25) is 0 Å². The van der Waals surface area contributed by atoms with Gasteiger partial charge in [-0.2, -0.15) is 0 Å². The Morgan fingerprint density at radius 1 is 1.05 bits per heavy atom. The number of nitrogens with one attached hydrogen (secondary N) is 1.